The van der Waals surface area contributed by atoms with Crippen molar-refractivity contribution in [2.45, 2.75) is 26.4 Å². The SMILES string of the molecule is CN(CCOc1ccc([I-][NH+]([O-])[O-])cn1)C(=O)OC(C)(C)C. The molecule has 8 nitrogen and oxygen atoms in total. The number of hydrogen-bond acceptors (Lipinski definition) is 6. The van der Waals surface area contributed by atoms with E-state index in [9.17, 15) is 15.2 Å². The molecule has 1 aromatic heterocycles. The van der Waals surface area contributed by atoms with Crippen LogP contribution in [0.2, 0.25) is 0 Å². The van der Waals surface area contributed by atoms with Gasteiger partial charge in [-0.1, -0.05) is 0 Å². The van der Waals surface area contributed by atoms with Crippen molar-refractivity contribution in [2.75, 3.05) is 20.2 Å². The fourth-order valence-corrected chi connectivity index (χ4v) is 2.46. The zero-order valence-corrected chi connectivity index (χ0v) is 15.1. The summed E-state index contributed by atoms with van der Waals surface area (Å²) in [6, 6.07) is 3.26. The van der Waals surface area contributed by atoms with Gasteiger partial charge in [0.05, 0.1) is 0 Å². The Labute approximate surface area is 140 Å². The molecule has 9 heteroatoms. The van der Waals surface area contributed by atoms with E-state index in [0.717, 1.165) is 0 Å². The zero-order chi connectivity index (χ0) is 16.8. The Bertz CT molecular complexity index is 476. The van der Waals surface area contributed by atoms with E-state index in [0.29, 0.717) is 16.0 Å². The molecule has 1 aromatic rings. The third kappa shape index (κ3) is 7.73. The monoisotopic (exact) mass is 425 g/mol. The predicted molar refractivity (Wildman–Crippen MR) is 75.0 cm³/mol. The number of pyridine rings is 1. The number of nitrogens with zero attached hydrogens (tertiary/aromatic N) is 2. The molecule has 0 saturated heterocycles. The number of halogens is 1. The summed E-state index contributed by atoms with van der Waals surface area (Å²) in [5, 5.41) is 21.0. The van der Waals surface area contributed by atoms with Crippen LogP contribution in [-0.2, 0) is 4.74 Å². The van der Waals surface area contributed by atoms with Crippen LogP contribution in [0.4, 0.5) is 4.79 Å². The van der Waals surface area contributed by atoms with Gasteiger partial charge in [-0.2, -0.15) is 0 Å². The van der Waals surface area contributed by atoms with Crippen LogP contribution < -0.4 is 29.7 Å². The van der Waals surface area contributed by atoms with Gasteiger partial charge in [-0.05, 0) is 0 Å². The van der Waals surface area contributed by atoms with Crippen LogP contribution in [0, 0.1) is 14.0 Å². The molecule has 0 spiro atoms. The second-order valence-corrected chi connectivity index (χ2v) is 8.06. The third-order valence-electron chi connectivity index (χ3n) is 2.27. The van der Waals surface area contributed by atoms with Gasteiger partial charge in [0.1, 0.15) is 0 Å². The maximum atomic E-state index is 11.7. The normalized spacial score (nSPS) is 11.6. The molecule has 0 radical (unpaired) electrons. The van der Waals surface area contributed by atoms with Gasteiger partial charge in [-0.15, -0.1) is 0 Å². The van der Waals surface area contributed by atoms with Crippen molar-refractivity contribution in [3.8, 4) is 5.88 Å². The number of carbonyl (C=O) groups is 1. The minimum absolute atomic E-state index is 0.262. The Hall–Kier alpha value is -1.17. The van der Waals surface area contributed by atoms with E-state index >= 15 is 0 Å². The van der Waals surface area contributed by atoms with E-state index in [-0.39, 0.29) is 6.61 Å². The number of nitrogens with one attached hydrogen (secondary N) is 1. The van der Waals surface area contributed by atoms with Gasteiger partial charge in [-0.3, -0.25) is 0 Å². The van der Waals surface area contributed by atoms with Gasteiger partial charge in [-0.25, -0.2) is 0 Å². The molecule has 0 unspecified atom stereocenters. The van der Waals surface area contributed by atoms with E-state index in [4.69, 9.17) is 9.47 Å². The molecule has 0 bridgehead atoms. The van der Waals surface area contributed by atoms with Gasteiger partial charge in [0.15, 0.2) is 0 Å². The standard InChI is InChI=1S/C13H20IN3O5/c1-13(2,3)22-12(18)16(4)7-8-21-11-6-5-10(9-15-11)14-17(19)20/h5-6,9,17H,7-8H2,1-4H3/q-2. The summed E-state index contributed by atoms with van der Waals surface area (Å²) in [7, 11) is 1.62. The Morgan fingerprint density at radius 3 is 2.59 bits per heavy atom. The molecule has 126 valence electrons. The van der Waals surface area contributed by atoms with E-state index in [1.165, 1.54) is 11.1 Å². The van der Waals surface area contributed by atoms with Gasteiger partial charge in [0.2, 0.25) is 0 Å². The summed E-state index contributed by atoms with van der Waals surface area (Å²) in [5.41, 5.74) is -0.536. The molecule has 0 aliphatic heterocycles. The topological polar surface area (TPSA) is 102 Å². The second-order valence-electron chi connectivity index (χ2n) is 5.40. The second kappa shape index (κ2) is 8.46. The molecule has 0 atom stereocenters. The molecule has 22 heavy (non-hydrogen) atoms. The first-order chi connectivity index (χ1) is 10.2. The van der Waals surface area contributed by atoms with Crippen LogP contribution >= 0.6 is 0 Å². The van der Waals surface area contributed by atoms with Crippen LogP contribution in [0.25, 0.3) is 0 Å². The molecular weight excluding hydrogens is 405 g/mol. The quantitative estimate of drug-likeness (QED) is 0.304. The van der Waals surface area contributed by atoms with Crippen LogP contribution in [0.3, 0.4) is 0 Å². The molecule has 0 aliphatic carbocycles. The fourth-order valence-electron chi connectivity index (χ4n) is 1.31. The summed E-state index contributed by atoms with van der Waals surface area (Å²) in [4.78, 5) is 17.2. The summed E-state index contributed by atoms with van der Waals surface area (Å²) in [6.07, 6.45) is 1.05. The van der Waals surface area contributed by atoms with E-state index in [1.54, 1.807) is 40.0 Å². The van der Waals surface area contributed by atoms with Gasteiger partial charge >= 0.3 is 140 Å². The number of hydrogen-bond donors (Lipinski definition) is 1. The molecule has 1 N–H and O–H groups in total. The van der Waals surface area contributed by atoms with E-state index < -0.39 is 36.6 Å². The number of ether oxygens (including phenoxy) is 2. The van der Waals surface area contributed by atoms with Crippen LogP contribution in [0.15, 0.2) is 18.3 Å². The summed E-state index contributed by atoms with van der Waals surface area (Å²) in [6.45, 7) is 6.02. The zero-order valence-electron chi connectivity index (χ0n) is 13.0. The summed E-state index contributed by atoms with van der Waals surface area (Å²) in [5.74, 6) is 0.378. The van der Waals surface area contributed by atoms with Crippen molar-refractivity contribution in [3.05, 3.63) is 32.3 Å². The van der Waals surface area contributed by atoms with Gasteiger partial charge < -0.3 is 0 Å². The first kappa shape index (κ1) is 18.9. The number of aromatic nitrogens is 1. The summed E-state index contributed by atoms with van der Waals surface area (Å²) >= 11 is -1.17. The van der Waals surface area contributed by atoms with E-state index in [1.807, 2.05) is 0 Å². The molecule has 0 saturated carbocycles. The third-order valence-corrected chi connectivity index (χ3v) is 3.97. The Kier molecular flexibility index (Phi) is 7.26. The first-order valence-corrected chi connectivity index (χ1v) is 8.72. The van der Waals surface area contributed by atoms with Crippen LogP contribution in [0.5, 0.6) is 5.88 Å². The van der Waals surface area contributed by atoms with E-state index in [2.05, 4.69) is 4.98 Å². The van der Waals surface area contributed by atoms with Crippen molar-refractivity contribution < 1.29 is 39.2 Å². The number of carbonyl (C=O) groups excluding carboxylic acids is 1. The predicted octanol–water partition coefficient (Wildman–Crippen LogP) is -2.62. The van der Waals surface area contributed by atoms with Gasteiger partial charge in [0, 0.05) is 0 Å². The molecule has 1 rings (SSSR count). The minimum atomic E-state index is -1.17. The first-order valence-electron chi connectivity index (χ1n) is 6.56. The van der Waals surface area contributed by atoms with Gasteiger partial charge in [0.25, 0.3) is 0 Å². The molecule has 1 amide bonds. The Morgan fingerprint density at radius 2 is 2.09 bits per heavy atom. The number of rotatable bonds is 6. The molecule has 1 heterocycles. The van der Waals surface area contributed by atoms with Crippen LogP contribution in [0.1, 0.15) is 20.8 Å². The van der Waals surface area contributed by atoms with Crippen molar-refractivity contribution in [1.29, 1.82) is 0 Å². The Balaban J connectivity index is 2.36. The van der Waals surface area contributed by atoms with Crippen LogP contribution in [-0.4, -0.2) is 41.8 Å². The number of amides is 1. The summed E-state index contributed by atoms with van der Waals surface area (Å²) < 4.78 is 10.2. The number of quaternary nitrogens is 1. The van der Waals surface area contributed by atoms with Crippen molar-refractivity contribution in [2.24, 2.45) is 0 Å². The average Bonchev–Trinajstić information content (AvgIpc) is 2.38. The average molecular weight is 425 g/mol. The van der Waals surface area contributed by atoms with Crippen molar-refractivity contribution in [1.82, 2.24) is 9.88 Å². The number of likely N-dealkylation sites (N-methyl/N-ethyl adjacent to an activating group) is 1. The molecule has 0 fully saturated rings. The van der Waals surface area contributed by atoms with Crippen molar-refractivity contribution in [3.63, 3.8) is 0 Å². The van der Waals surface area contributed by atoms with Crippen molar-refractivity contribution >= 4 is 6.09 Å². The molecule has 0 aliphatic rings. The molecule has 0 aromatic carbocycles. The molecular formula is C13H20IN3O5-2. The Morgan fingerprint density at radius 1 is 1.41 bits per heavy atom. The fraction of sp³-hybridized carbons (Fsp3) is 0.538. The maximum absolute atomic E-state index is 11.7.